The molecule has 0 spiro atoms. The fraction of sp³-hybridized carbons (Fsp3) is 0.355. The van der Waals surface area contributed by atoms with Crippen LogP contribution in [0.3, 0.4) is 0 Å². The minimum Gasteiger partial charge on any atom is -0.493 e. The van der Waals surface area contributed by atoms with Crippen molar-refractivity contribution >= 4 is 11.9 Å². The zero-order valence-electron chi connectivity index (χ0n) is 22.9. The summed E-state index contributed by atoms with van der Waals surface area (Å²) in [5.41, 5.74) is 3.77. The number of fused-ring (bicyclic) bond motifs is 2. The molecule has 1 fully saturated rings. The lowest BCUT2D eigenvalue weighted by atomic mass is 9.89. The van der Waals surface area contributed by atoms with Gasteiger partial charge in [-0.25, -0.2) is 9.59 Å². The number of nitrogens with zero attached hydrogens (tertiary/aromatic N) is 2. The normalized spacial score (nSPS) is 17.0. The van der Waals surface area contributed by atoms with Crippen molar-refractivity contribution in [2.45, 2.75) is 31.9 Å². The molecule has 0 saturated carbocycles. The van der Waals surface area contributed by atoms with E-state index in [4.69, 9.17) is 24.4 Å². The molecule has 3 heterocycles. The molecule has 9 heteroatoms. The maximum atomic E-state index is 9.55. The number of para-hydroxylation sites is 2. The van der Waals surface area contributed by atoms with Crippen LogP contribution in [-0.2, 0) is 22.6 Å². The fourth-order valence-electron chi connectivity index (χ4n) is 5.35. The second kappa shape index (κ2) is 13.7. The largest absolute Gasteiger partial charge is 0.493 e. The lowest BCUT2D eigenvalue weighted by Gasteiger charge is -2.36. The fourth-order valence-corrected chi connectivity index (χ4v) is 5.35. The Kier molecular flexibility index (Phi) is 9.86. The van der Waals surface area contributed by atoms with Crippen molar-refractivity contribution in [3.05, 3.63) is 89.8 Å². The number of hydrogen-bond donors (Lipinski definition) is 2. The second-order valence-corrected chi connectivity index (χ2v) is 9.80. The van der Waals surface area contributed by atoms with Crippen molar-refractivity contribution in [1.29, 1.82) is 0 Å². The highest BCUT2D eigenvalue weighted by atomic mass is 16.5. The van der Waals surface area contributed by atoms with Gasteiger partial charge in [0, 0.05) is 36.4 Å². The number of aliphatic carboxylic acids is 2. The van der Waals surface area contributed by atoms with Gasteiger partial charge in [0.2, 0.25) is 0 Å². The number of methoxy groups -OCH3 is 2. The van der Waals surface area contributed by atoms with E-state index >= 15 is 0 Å². The van der Waals surface area contributed by atoms with Crippen LogP contribution in [0.5, 0.6) is 17.2 Å². The summed E-state index contributed by atoms with van der Waals surface area (Å²) >= 11 is 0. The van der Waals surface area contributed by atoms with Crippen molar-refractivity contribution in [3.8, 4) is 17.2 Å². The van der Waals surface area contributed by atoms with Gasteiger partial charge in [-0.2, -0.15) is 0 Å². The van der Waals surface area contributed by atoms with Gasteiger partial charge in [-0.1, -0.05) is 30.3 Å². The van der Waals surface area contributed by atoms with Gasteiger partial charge in [0.15, 0.2) is 11.5 Å². The molecule has 2 aliphatic heterocycles. The zero-order chi connectivity index (χ0) is 28.5. The number of ether oxygens (including phenoxy) is 3. The molecule has 3 aromatic rings. The van der Waals surface area contributed by atoms with E-state index in [1.807, 2.05) is 12.1 Å². The Balaban J connectivity index is 0.000000406. The molecule has 0 bridgehead atoms. The number of carboxylic acids is 2. The summed E-state index contributed by atoms with van der Waals surface area (Å²) in [5, 5.41) is 15.6. The number of hydrogen-bond acceptors (Lipinski definition) is 6. The van der Waals surface area contributed by atoms with Crippen LogP contribution < -0.4 is 14.2 Å². The van der Waals surface area contributed by atoms with Crippen LogP contribution in [0, 0.1) is 5.92 Å². The van der Waals surface area contributed by atoms with E-state index in [1.54, 1.807) is 14.2 Å². The number of carboxylic acid groups (broad SMARTS) is 2. The van der Waals surface area contributed by atoms with Crippen molar-refractivity contribution in [1.82, 2.24) is 9.47 Å². The summed E-state index contributed by atoms with van der Waals surface area (Å²) in [4.78, 5) is 21.7. The Labute approximate surface area is 234 Å². The van der Waals surface area contributed by atoms with Gasteiger partial charge < -0.3 is 33.9 Å². The third-order valence-electron chi connectivity index (χ3n) is 7.33. The lowest BCUT2D eigenvalue weighted by molar-refractivity contribution is -0.134. The highest BCUT2D eigenvalue weighted by molar-refractivity contribution is 5.89. The molecule has 40 heavy (non-hydrogen) atoms. The summed E-state index contributed by atoms with van der Waals surface area (Å²) in [5.74, 6) is 0.708. The van der Waals surface area contributed by atoms with E-state index in [9.17, 15) is 9.59 Å². The third kappa shape index (κ3) is 7.24. The first kappa shape index (κ1) is 28.8. The smallest absolute Gasteiger partial charge is 0.328 e. The average Bonchev–Trinajstić information content (AvgIpc) is 3.36. The molecule has 2 N–H and O–H groups in total. The highest BCUT2D eigenvalue weighted by Gasteiger charge is 2.33. The number of piperidine rings is 1. The van der Waals surface area contributed by atoms with Gasteiger partial charge >= 0.3 is 11.9 Å². The molecule has 0 amide bonds. The van der Waals surface area contributed by atoms with Crippen LogP contribution in [0.4, 0.5) is 0 Å². The van der Waals surface area contributed by atoms with Gasteiger partial charge in [-0.05, 0) is 62.2 Å². The van der Waals surface area contributed by atoms with Crippen molar-refractivity contribution in [3.63, 3.8) is 0 Å². The minimum absolute atomic E-state index is 0.120. The van der Waals surface area contributed by atoms with Gasteiger partial charge in [0.25, 0.3) is 0 Å². The van der Waals surface area contributed by atoms with E-state index < -0.39 is 11.9 Å². The number of rotatable bonds is 8. The number of aromatic nitrogens is 1. The van der Waals surface area contributed by atoms with Crippen LogP contribution in [-0.4, -0.2) is 65.5 Å². The maximum Gasteiger partial charge on any atom is 0.328 e. The van der Waals surface area contributed by atoms with E-state index in [0.717, 1.165) is 62.7 Å². The number of likely N-dealkylation sites (tertiary alicyclic amines) is 1. The minimum atomic E-state index is -1.26. The van der Waals surface area contributed by atoms with Crippen LogP contribution in [0.25, 0.3) is 0 Å². The Morgan fingerprint density at radius 1 is 0.950 bits per heavy atom. The van der Waals surface area contributed by atoms with Crippen LogP contribution in [0.1, 0.15) is 35.8 Å². The Morgan fingerprint density at radius 2 is 1.68 bits per heavy atom. The van der Waals surface area contributed by atoms with Gasteiger partial charge in [-0.3, -0.25) is 0 Å². The average molecular weight is 549 g/mol. The Morgan fingerprint density at radius 3 is 2.35 bits per heavy atom. The van der Waals surface area contributed by atoms with E-state index in [0.29, 0.717) is 18.1 Å². The Hall–Kier alpha value is -4.24. The number of carbonyl (C=O) groups is 2. The molecule has 9 nitrogen and oxygen atoms in total. The maximum absolute atomic E-state index is 9.55. The molecular formula is C31H36N2O7. The van der Waals surface area contributed by atoms with E-state index in [-0.39, 0.29) is 6.10 Å². The van der Waals surface area contributed by atoms with Crippen molar-refractivity contribution in [2.24, 2.45) is 5.92 Å². The molecule has 0 radical (unpaired) electrons. The molecule has 2 aromatic carbocycles. The molecule has 1 unspecified atom stereocenters. The second-order valence-electron chi connectivity index (χ2n) is 9.80. The molecule has 212 valence electrons. The Bertz CT molecular complexity index is 1310. The summed E-state index contributed by atoms with van der Waals surface area (Å²) < 4.78 is 20.1. The first-order chi connectivity index (χ1) is 19.4. The summed E-state index contributed by atoms with van der Waals surface area (Å²) in [6.45, 7) is 4.11. The lowest BCUT2D eigenvalue weighted by Crippen LogP contribution is -2.38. The molecule has 1 saturated heterocycles. The number of benzene rings is 2. The van der Waals surface area contributed by atoms with Crippen LogP contribution >= 0.6 is 0 Å². The third-order valence-corrected chi connectivity index (χ3v) is 7.33. The SMILES string of the molecule is COc1cccc(CCN2CCC(C3Oc4ccccc4Cn4cccc43)CC2)c1OC.O=C(O)C=CC(=O)O. The quantitative estimate of drug-likeness (QED) is 0.392. The molecule has 5 rings (SSSR count). The standard InChI is InChI=1S/C27H32N2O3.C4H4O4/c1-30-25-11-5-8-20(27(25)31-2)12-16-28-17-13-21(14-18-28)26-23-9-6-15-29(23)19-22-7-3-4-10-24(22)32-26;5-3(6)1-2-4(7)8/h3-11,15,21,26H,12-14,16-19H2,1-2H3;1-2H,(H,5,6)(H,7,8). The molecule has 0 aliphatic carbocycles. The van der Waals surface area contributed by atoms with Gasteiger partial charge in [-0.15, -0.1) is 0 Å². The first-order valence-corrected chi connectivity index (χ1v) is 13.3. The monoisotopic (exact) mass is 548 g/mol. The van der Waals surface area contributed by atoms with Gasteiger partial charge in [0.1, 0.15) is 11.9 Å². The predicted octanol–water partition coefficient (Wildman–Crippen LogP) is 4.65. The molecule has 1 aromatic heterocycles. The topological polar surface area (TPSA) is 110 Å². The molecule has 2 aliphatic rings. The molecule has 1 atom stereocenters. The summed E-state index contributed by atoms with van der Waals surface area (Å²) in [6, 6.07) is 19.0. The van der Waals surface area contributed by atoms with E-state index in [1.165, 1.54) is 16.8 Å². The summed E-state index contributed by atoms with van der Waals surface area (Å²) in [6.07, 6.45) is 6.67. The van der Waals surface area contributed by atoms with Crippen molar-refractivity contribution < 1.29 is 34.0 Å². The zero-order valence-corrected chi connectivity index (χ0v) is 22.9. The summed E-state index contributed by atoms with van der Waals surface area (Å²) in [7, 11) is 3.41. The van der Waals surface area contributed by atoms with E-state index in [2.05, 4.69) is 58.1 Å². The molecular weight excluding hydrogens is 512 g/mol. The predicted molar refractivity (Wildman–Crippen MR) is 150 cm³/mol. The van der Waals surface area contributed by atoms with Crippen LogP contribution in [0.2, 0.25) is 0 Å². The first-order valence-electron chi connectivity index (χ1n) is 13.3. The van der Waals surface area contributed by atoms with Crippen LogP contribution in [0.15, 0.2) is 72.9 Å². The van der Waals surface area contributed by atoms with Crippen molar-refractivity contribution in [2.75, 3.05) is 33.9 Å². The highest BCUT2D eigenvalue weighted by Crippen LogP contribution is 2.39. The van der Waals surface area contributed by atoms with Gasteiger partial charge in [0.05, 0.1) is 26.5 Å².